The summed E-state index contributed by atoms with van der Waals surface area (Å²) in [6.07, 6.45) is 4.90. The van der Waals surface area contributed by atoms with Gasteiger partial charge in [0, 0.05) is 16.6 Å². The van der Waals surface area contributed by atoms with Gasteiger partial charge in [-0.15, -0.1) is 0 Å². The first kappa shape index (κ1) is 17.3. The van der Waals surface area contributed by atoms with Crippen molar-refractivity contribution in [2.45, 2.75) is 52.5 Å². The minimum atomic E-state index is 0.310. The van der Waals surface area contributed by atoms with E-state index in [1.165, 1.54) is 24.8 Å². The van der Waals surface area contributed by atoms with Crippen molar-refractivity contribution >= 4 is 11.6 Å². The van der Waals surface area contributed by atoms with Gasteiger partial charge in [0.2, 0.25) is 0 Å². The molecule has 0 aliphatic carbocycles. The summed E-state index contributed by atoms with van der Waals surface area (Å²) in [7, 11) is 1.72. The van der Waals surface area contributed by atoms with Crippen LogP contribution in [0.3, 0.4) is 0 Å². The molecule has 0 radical (unpaired) electrons. The molecule has 20 heavy (non-hydrogen) atoms. The van der Waals surface area contributed by atoms with Crippen molar-refractivity contribution in [2.75, 3.05) is 13.7 Å². The first-order valence-electron chi connectivity index (χ1n) is 7.74. The number of hydrogen-bond donors (Lipinski definition) is 1. The summed E-state index contributed by atoms with van der Waals surface area (Å²) in [6, 6.07) is 6.21. The highest BCUT2D eigenvalue weighted by Gasteiger charge is 2.23. The predicted octanol–water partition coefficient (Wildman–Crippen LogP) is 5.22. The molecule has 0 aromatic heterocycles. The Kier molecular flexibility index (Phi) is 8.01. The van der Waals surface area contributed by atoms with Crippen LogP contribution in [-0.2, 0) is 0 Å². The van der Waals surface area contributed by atoms with E-state index in [9.17, 15) is 0 Å². The van der Waals surface area contributed by atoms with Gasteiger partial charge in [0.15, 0.2) is 0 Å². The molecule has 1 aromatic carbocycles. The zero-order chi connectivity index (χ0) is 15.0. The maximum absolute atomic E-state index is 6.19. The topological polar surface area (TPSA) is 21.3 Å². The first-order chi connectivity index (χ1) is 9.67. The van der Waals surface area contributed by atoms with E-state index < -0.39 is 0 Å². The Morgan fingerprint density at radius 2 is 2.00 bits per heavy atom. The molecule has 1 aromatic rings. The average molecular weight is 298 g/mol. The Labute approximate surface area is 128 Å². The molecule has 114 valence electrons. The van der Waals surface area contributed by atoms with Gasteiger partial charge >= 0.3 is 0 Å². The Hall–Kier alpha value is -0.730. The van der Waals surface area contributed by atoms with Crippen LogP contribution in [0.1, 0.15) is 58.1 Å². The number of methoxy groups -OCH3 is 1. The van der Waals surface area contributed by atoms with E-state index >= 15 is 0 Å². The second kappa shape index (κ2) is 9.25. The van der Waals surface area contributed by atoms with Crippen LogP contribution < -0.4 is 10.1 Å². The summed E-state index contributed by atoms with van der Waals surface area (Å²) in [5, 5.41) is 4.39. The van der Waals surface area contributed by atoms with E-state index in [1.807, 2.05) is 18.2 Å². The van der Waals surface area contributed by atoms with Crippen molar-refractivity contribution in [3.05, 3.63) is 28.8 Å². The van der Waals surface area contributed by atoms with E-state index in [-0.39, 0.29) is 0 Å². The smallest absolute Gasteiger partial charge is 0.123 e. The van der Waals surface area contributed by atoms with Crippen molar-refractivity contribution in [3.8, 4) is 5.75 Å². The predicted molar refractivity (Wildman–Crippen MR) is 87.7 cm³/mol. The Morgan fingerprint density at radius 1 is 1.25 bits per heavy atom. The molecular weight excluding hydrogens is 270 g/mol. The highest BCUT2D eigenvalue weighted by molar-refractivity contribution is 6.30. The third kappa shape index (κ3) is 4.68. The van der Waals surface area contributed by atoms with Crippen LogP contribution in [0.25, 0.3) is 0 Å². The summed E-state index contributed by atoms with van der Waals surface area (Å²) in [5.74, 6) is 1.54. The normalized spacial score (nSPS) is 14.1. The number of unbranched alkanes of at least 4 members (excludes halogenated alkanes) is 1. The van der Waals surface area contributed by atoms with Crippen LogP contribution in [0, 0.1) is 5.92 Å². The lowest BCUT2D eigenvalue weighted by Crippen LogP contribution is -2.28. The average Bonchev–Trinajstić information content (AvgIpc) is 2.46. The second-order valence-corrected chi connectivity index (χ2v) is 5.67. The molecule has 2 unspecified atom stereocenters. The lowest BCUT2D eigenvalue weighted by molar-refractivity contribution is 0.315. The van der Waals surface area contributed by atoms with E-state index in [2.05, 4.69) is 26.1 Å². The number of halogens is 1. The number of nitrogens with one attached hydrogen (secondary N) is 1. The van der Waals surface area contributed by atoms with Crippen LogP contribution in [0.4, 0.5) is 0 Å². The number of hydrogen-bond acceptors (Lipinski definition) is 2. The number of rotatable bonds is 9. The van der Waals surface area contributed by atoms with Crippen LogP contribution >= 0.6 is 11.6 Å². The van der Waals surface area contributed by atoms with Gasteiger partial charge in [0.05, 0.1) is 7.11 Å². The fourth-order valence-electron chi connectivity index (χ4n) is 2.77. The lowest BCUT2D eigenvalue weighted by atomic mass is 9.86. The van der Waals surface area contributed by atoms with Gasteiger partial charge in [-0.05, 0) is 37.1 Å². The molecule has 2 atom stereocenters. The highest BCUT2D eigenvalue weighted by atomic mass is 35.5. The number of ether oxygens (including phenoxy) is 1. The maximum Gasteiger partial charge on any atom is 0.123 e. The molecule has 0 aliphatic rings. The summed E-state index contributed by atoms with van der Waals surface area (Å²) in [4.78, 5) is 0. The van der Waals surface area contributed by atoms with Gasteiger partial charge < -0.3 is 10.1 Å². The van der Waals surface area contributed by atoms with Crippen molar-refractivity contribution in [3.63, 3.8) is 0 Å². The van der Waals surface area contributed by atoms with Crippen molar-refractivity contribution in [1.82, 2.24) is 5.32 Å². The van der Waals surface area contributed by atoms with Crippen molar-refractivity contribution in [1.29, 1.82) is 0 Å². The molecule has 0 bridgehead atoms. The van der Waals surface area contributed by atoms with Gasteiger partial charge in [-0.3, -0.25) is 0 Å². The molecule has 0 fully saturated rings. The quantitative estimate of drug-likeness (QED) is 0.675. The molecule has 0 saturated heterocycles. The second-order valence-electron chi connectivity index (χ2n) is 5.23. The summed E-state index contributed by atoms with van der Waals surface area (Å²) < 4.78 is 5.53. The molecular formula is C17H28ClNO. The van der Waals surface area contributed by atoms with Crippen molar-refractivity contribution in [2.24, 2.45) is 5.92 Å². The van der Waals surface area contributed by atoms with Crippen molar-refractivity contribution < 1.29 is 4.74 Å². The lowest BCUT2D eigenvalue weighted by Gasteiger charge is -2.29. The largest absolute Gasteiger partial charge is 0.496 e. The Bertz CT molecular complexity index is 395. The van der Waals surface area contributed by atoms with E-state index in [4.69, 9.17) is 16.3 Å². The molecule has 1 rings (SSSR count). The van der Waals surface area contributed by atoms with E-state index in [0.29, 0.717) is 12.0 Å². The van der Waals surface area contributed by atoms with Crippen LogP contribution in [-0.4, -0.2) is 13.7 Å². The number of benzene rings is 1. The Morgan fingerprint density at radius 3 is 2.55 bits per heavy atom. The van der Waals surface area contributed by atoms with Gasteiger partial charge in [-0.25, -0.2) is 0 Å². The zero-order valence-electron chi connectivity index (χ0n) is 13.2. The molecule has 1 N–H and O–H groups in total. The molecule has 0 aliphatic heterocycles. The molecule has 0 heterocycles. The van der Waals surface area contributed by atoms with E-state index in [1.54, 1.807) is 7.11 Å². The zero-order valence-corrected chi connectivity index (χ0v) is 14.0. The van der Waals surface area contributed by atoms with E-state index in [0.717, 1.165) is 23.7 Å². The fourth-order valence-corrected chi connectivity index (χ4v) is 2.95. The van der Waals surface area contributed by atoms with Gasteiger partial charge in [0.25, 0.3) is 0 Å². The minimum Gasteiger partial charge on any atom is -0.496 e. The molecule has 2 nitrogen and oxygen atoms in total. The van der Waals surface area contributed by atoms with Crippen LogP contribution in [0.15, 0.2) is 18.2 Å². The summed E-state index contributed by atoms with van der Waals surface area (Å²) in [6.45, 7) is 7.61. The van der Waals surface area contributed by atoms with Gasteiger partial charge in [0.1, 0.15) is 5.75 Å². The standard InChI is InChI=1S/C17H28ClNO/c1-5-8-9-13(6-2)17(19-7-3)15-12-14(18)10-11-16(15)20-4/h10-13,17,19H,5-9H2,1-4H3. The highest BCUT2D eigenvalue weighted by Crippen LogP contribution is 2.35. The molecule has 0 saturated carbocycles. The summed E-state index contributed by atoms with van der Waals surface area (Å²) >= 11 is 6.19. The fraction of sp³-hybridized carbons (Fsp3) is 0.647. The maximum atomic E-state index is 6.19. The van der Waals surface area contributed by atoms with Gasteiger partial charge in [-0.1, -0.05) is 51.6 Å². The monoisotopic (exact) mass is 297 g/mol. The third-order valence-electron chi connectivity index (χ3n) is 3.88. The molecule has 0 spiro atoms. The third-order valence-corrected chi connectivity index (χ3v) is 4.11. The Balaban J connectivity index is 3.07. The summed E-state index contributed by atoms with van der Waals surface area (Å²) in [5.41, 5.74) is 1.19. The van der Waals surface area contributed by atoms with Crippen LogP contribution in [0.5, 0.6) is 5.75 Å². The van der Waals surface area contributed by atoms with Crippen LogP contribution in [0.2, 0.25) is 5.02 Å². The molecule has 3 heteroatoms. The first-order valence-corrected chi connectivity index (χ1v) is 8.12. The van der Waals surface area contributed by atoms with Gasteiger partial charge in [-0.2, -0.15) is 0 Å². The molecule has 0 amide bonds. The minimum absolute atomic E-state index is 0.310. The SMILES string of the molecule is CCCCC(CC)C(NCC)c1cc(Cl)ccc1OC.